The summed E-state index contributed by atoms with van der Waals surface area (Å²) < 4.78 is 1.73. The maximum Gasteiger partial charge on any atom is 0.190 e. The minimum absolute atomic E-state index is 0.0334. The van der Waals surface area contributed by atoms with Gasteiger partial charge in [-0.25, -0.2) is 9.67 Å². The summed E-state index contributed by atoms with van der Waals surface area (Å²) >= 11 is 1.53. The van der Waals surface area contributed by atoms with Crippen LogP contribution >= 0.6 is 11.8 Å². The molecule has 1 unspecified atom stereocenters. The Balaban J connectivity index is 2.14. The lowest BCUT2D eigenvalue weighted by Gasteiger charge is -2.05. The molecule has 6 heteroatoms. The van der Waals surface area contributed by atoms with Crippen LogP contribution in [0.4, 0.5) is 0 Å². The number of nitrogens with two attached hydrogens (primary N) is 1. The van der Waals surface area contributed by atoms with Gasteiger partial charge in [0.15, 0.2) is 5.16 Å². The minimum atomic E-state index is -0.0334. The van der Waals surface area contributed by atoms with Crippen LogP contribution in [0.15, 0.2) is 34.7 Å². The van der Waals surface area contributed by atoms with Crippen molar-refractivity contribution in [1.29, 1.82) is 0 Å². The first-order valence-corrected chi connectivity index (χ1v) is 5.72. The molecule has 0 aliphatic rings. The van der Waals surface area contributed by atoms with Crippen molar-refractivity contribution in [3.8, 4) is 0 Å². The predicted molar refractivity (Wildman–Crippen MR) is 62.0 cm³/mol. The van der Waals surface area contributed by atoms with Crippen molar-refractivity contribution in [1.82, 2.24) is 19.7 Å². The molecule has 0 radical (unpaired) electrons. The number of pyridine rings is 1. The monoisotopic (exact) mass is 235 g/mol. The summed E-state index contributed by atoms with van der Waals surface area (Å²) in [6.45, 7) is 1.91. The quantitative estimate of drug-likeness (QED) is 0.870. The molecule has 2 rings (SSSR count). The van der Waals surface area contributed by atoms with Crippen molar-refractivity contribution < 1.29 is 0 Å². The summed E-state index contributed by atoms with van der Waals surface area (Å²) in [5, 5.41) is 4.85. The first kappa shape index (κ1) is 11.1. The Kier molecular flexibility index (Phi) is 3.21. The highest BCUT2D eigenvalue weighted by atomic mass is 32.2. The molecule has 2 aromatic heterocycles. The summed E-state index contributed by atoms with van der Waals surface area (Å²) in [7, 11) is 1.86. The molecule has 0 saturated carbocycles. The summed E-state index contributed by atoms with van der Waals surface area (Å²) in [5.74, 6) is 0. The average Bonchev–Trinajstić information content (AvgIpc) is 2.65. The van der Waals surface area contributed by atoms with Crippen molar-refractivity contribution in [3.63, 3.8) is 0 Å². The molecule has 2 N–H and O–H groups in total. The molecule has 0 amide bonds. The van der Waals surface area contributed by atoms with Crippen molar-refractivity contribution in [2.24, 2.45) is 12.8 Å². The number of rotatable bonds is 3. The SMILES string of the molecule is CC(N)c1ccc(Sc2ncnn2C)cn1. The fourth-order valence-corrected chi connectivity index (χ4v) is 1.94. The van der Waals surface area contributed by atoms with Crippen LogP contribution in [-0.4, -0.2) is 19.7 Å². The lowest BCUT2D eigenvalue weighted by Crippen LogP contribution is -2.06. The normalized spacial score (nSPS) is 12.7. The van der Waals surface area contributed by atoms with Gasteiger partial charge >= 0.3 is 0 Å². The molecule has 0 bridgehead atoms. The van der Waals surface area contributed by atoms with E-state index in [9.17, 15) is 0 Å². The van der Waals surface area contributed by atoms with Gasteiger partial charge < -0.3 is 5.73 Å². The van der Waals surface area contributed by atoms with Crippen molar-refractivity contribution in [3.05, 3.63) is 30.4 Å². The van der Waals surface area contributed by atoms with E-state index in [1.165, 1.54) is 18.1 Å². The Bertz CT molecular complexity index is 462. The zero-order valence-electron chi connectivity index (χ0n) is 9.16. The zero-order chi connectivity index (χ0) is 11.5. The lowest BCUT2D eigenvalue weighted by molar-refractivity contribution is 0.685. The van der Waals surface area contributed by atoms with Crippen LogP contribution in [-0.2, 0) is 7.05 Å². The van der Waals surface area contributed by atoms with Gasteiger partial charge in [-0.3, -0.25) is 4.98 Å². The van der Waals surface area contributed by atoms with E-state index in [0.29, 0.717) is 0 Å². The average molecular weight is 235 g/mol. The van der Waals surface area contributed by atoms with E-state index in [0.717, 1.165) is 15.7 Å². The fraction of sp³-hybridized carbons (Fsp3) is 0.300. The molecule has 0 aromatic carbocycles. The van der Waals surface area contributed by atoms with Crippen LogP contribution in [0.1, 0.15) is 18.7 Å². The molecule has 0 aliphatic heterocycles. The van der Waals surface area contributed by atoms with Crippen LogP contribution in [0.3, 0.4) is 0 Å². The van der Waals surface area contributed by atoms with Gasteiger partial charge in [-0.1, -0.05) is 0 Å². The molecular weight excluding hydrogens is 222 g/mol. The molecular formula is C10H13N5S. The third kappa shape index (κ3) is 2.40. The van der Waals surface area contributed by atoms with Gasteiger partial charge in [0.1, 0.15) is 6.33 Å². The third-order valence-corrected chi connectivity index (χ3v) is 3.13. The summed E-state index contributed by atoms with van der Waals surface area (Å²) in [5.41, 5.74) is 6.62. The lowest BCUT2D eigenvalue weighted by atomic mass is 10.2. The molecule has 5 nitrogen and oxygen atoms in total. The van der Waals surface area contributed by atoms with Gasteiger partial charge in [0.25, 0.3) is 0 Å². The minimum Gasteiger partial charge on any atom is -0.323 e. The van der Waals surface area contributed by atoms with Gasteiger partial charge in [0.05, 0.1) is 5.69 Å². The molecule has 0 saturated heterocycles. The van der Waals surface area contributed by atoms with Crippen LogP contribution in [0.2, 0.25) is 0 Å². The smallest absolute Gasteiger partial charge is 0.190 e. The van der Waals surface area contributed by atoms with E-state index in [2.05, 4.69) is 15.1 Å². The Hall–Kier alpha value is -1.40. The van der Waals surface area contributed by atoms with Gasteiger partial charge in [-0.05, 0) is 30.8 Å². The second kappa shape index (κ2) is 4.63. The Morgan fingerprint density at radius 1 is 1.38 bits per heavy atom. The van der Waals surface area contributed by atoms with E-state index in [1.54, 1.807) is 10.9 Å². The number of hydrogen-bond acceptors (Lipinski definition) is 5. The maximum atomic E-state index is 5.73. The van der Waals surface area contributed by atoms with Crippen molar-refractivity contribution >= 4 is 11.8 Å². The molecule has 84 valence electrons. The van der Waals surface area contributed by atoms with Gasteiger partial charge in [0.2, 0.25) is 0 Å². The Morgan fingerprint density at radius 3 is 2.69 bits per heavy atom. The van der Waals surface area contributed by atoms with Crippen LogP contribution in [0.5, 0.6) is 0 Å². The first-order valence-electron chi connectivity index (χ1n) is 4.90. The van der Waals surface area contributed by atoms with E-state index in [1.807, 2.05) is 26.1 Å². The second-order valence-corrected chi connectivity index (χ2v) is 4.52. The summed E-state index contributed by atoms with van der Waals surface area (Å²) in [4.78, 5) is 9.44. The van der Waals surface area contributed by atoms with E-state index < -0.39 is 0 Å². The van der Waals surface area contributed by atoms with Crippen LogP contribution in [0, 0.1) is 0 Å². The molecule has 0 fully saturated rings. The molecule has 2 aromatic rings. The maximum absolute atomic E-state index is 5.73. The highest BCUT2D eigenvalue weighted by Gasteiger charge is 2.05. The van der Waals surface area contributed by atoms with E-state index >= 15 is 0 Å². The summed E-state index contributed by atoms with van der Waals surface area (Å²) in [6.07, 6.45) is 3.34. The number of aryl methyl sites for hydroxylation is 1. The van der Waals surface area contributed by atoms with E-state index in [4.69, 9.17) is 5.73 Å². The Labute approximate surface area is 98.1 Å². The van der Waals surface area contributed by atoms with Gasteiger partial charge in [0, 0.05) is 24.2 Å². The highest BCUT2D eigenvalue weighted by molar-refractivity contribution is 7.99. The summed E-state index contributed by atoms with van der Waals surface area (Å²) in [6, 6.07) is 3.89. The van der Waals surface area contributed by atoms with Gasteiger partial charge in [-0.2, -0.15) is 5.10 Å². The second-order valence-electron chi connectivity index (χ2n) is 3.48. The van der Waals surface area contributed by atoms with E-state index in [-0.39, 0.29) is 6.04 Å². The number of aromatic nitrogens is 4. The number of hydrogen-bond donors (Lipinski definition) is 1. The van der Waals surface area contributed by atoms with Crippen LogP contribution in [0.25, 0.3) is 0 Å². The van der Waals surface area contributed by atoms with Gasteiger partial charge in [-0.15, -0.1) is 0 Å². The largest absolute Gasteiger partial charge is 0.323 e. The number of nitrogens with zero attached hydrogens (tertiary/aromatic N) is 4. The Morgan fingerprint density at radius 2 is 2.19 bits per heavy atom. The molecule has 0 aliphatic carbocycles. The highest BCUT2D eigenvalue weighted by Crippen LogP contribution is 2.24. The molecule has 2 heterocycles. The van der Waals surface area contributed by atoms with Crippen molar-refractivity contribution in [2.45, 2.75) is 23.0 Å². The van der Waals surface area contributed by atoms with Crippen molar-refractivity contribution in [2.75, 3.05) is 0 Å². The predicted octanol–water partition coefficient (Wildman–Crippen LogP) is 1.38. The molecule has 1 atom stereocenters. The van der Waals surface area contributed by atoms with Crippen LogP contribution < -0.4 is 5.73 Å². The topological polar surface area (TPSA) is 69.6 Å². The standard InChI is InChI=1S/C10H13N5S/c1-7(11)9-4-3-8(5-12-9)16-10-13-6-14-15(10)2/h3-7H,11H2,1-2H3. The molecule has 16 heavy (non-hydrogen) atoms. The zero-order valence-corrected chi connectivity index (χ0v) is 9.98. The third-order valence-electron chi connectivity index (χ3n) is 2.10. The first-order chi connectivity index (χ1) is 7.66. The molecule has 0 spiro atoms. The fourth-order valence-electron chi connectivity index (χ4n) is 1.20.